The average molecular weight is 194 g/mol. The standard InChI is InChI=1S/C11H18N2O/c1-14-8-4-2-3-5-10-6-7-13-11(12)9-10/h6-7,9H,2-5,8H2,1H3,(H2,12,13). The number of aromatic nitrogens is 1. The van der Waals surface area contributed by atoms with E-state index in [0.717, 1.165) is 19.4 Å². The molecule has 0 aliphatic rings. The second-order valence-electron chi connectivity index (χ2n) is 3.39. The summed E-state index contributed by atoms with van der Waals surface area (Å²) in [6.45, 7) is 0.860. The number of methoxy groups -OCH3 is 1. The molecule has 1 aromatic heterocycles. The lowest BCUT2D eigenvalue weighted by molar-refractivity contribution is 0.192. The third-order valence-electron chi connectivity index (χ3n) is 2.16. The van der Waals surface area contributed by atoms with Crippen LogP contribution in [0.4, 0.5) is 5.82 Å². The maximum Gasteiger partial charge on any atom is 0.123 e. The van der Waals surface area contributed by atoms with Crippen LogP contribution in [0.2, 0.25) is 0 Å². The minimum absolute atomic E-state index is 0.611. The third-order valence-corrected chi connectivity index (χ3v) is 2.16. The Balaban J connectivity index is 2.18. The largest absolute Gasteiger partial charge is 0.385 e. The lowest BCUT2D eigenvalue weighted by Crippen LogP contribution is -1.93. The highest BCUT2D eigenvalue weighted by atomic mass is 16.5. The molecule has 1 rings (SSSR count). The molecule has 0 fully saturated rings. The molecule has 3 nitrogen and oxygen atoms in total. The number of pyridine rings is 1. The third kappa shape index (κ3) is 4.23. The fourth-order valence-electron chi connectivity index (χ4n) is 1.40. The number of anilines is 1. The number of rotatable bonds is 6. The summed E-state index contributed by atoms with van der Waals surface area (Å²) < 4.78 is 4.98. The van der Waals surface area contributed by atoms with Gasteiger partial charge in [-0.15, -0.1) is 0 Å². The first-order valence-corrected chi connectivity index (χ1v) is 5.02. The quantitative estimate of drug-likeness (QED) is 0.705. The van der Waals surface area contributed by atoms with E-state index in [9.17, 15) is 0 Å². The fraction of sp³-hybridized carbons (Fsp3) is 0.545. The summed E-state index contributed by atoms with van der Waals surface area (Å²) in [6, 6.07) is 3.96. The van der Waals surface area contributed by atoms with Gasteiger partial charge in [-0.3, -0.25) is 0 Å². The molecule has 0 aromatic carbocycles. The van der Waals surface area contributed by atoms with E-state index in [-0.39, 0.29) is 0 Å². The first kappa shape index (κ1) is 11.0. The van der Waals surface area contributed by atoms with Gasteiger partial charge in [0.15, 0.2) is 0 Å². The monoisotopic (exact) mass is 194 g/mol. The molecule has 0 saturated heterocycles. The van der Waals surface area contributed by atoms with Crippen LogP contribution in [0.1, 0.15) is 24.8 Å². The Morgan fingerprint density at radius 3 is 2.93 bits per heavy atom. The topological polar surface area (TPSA) is 48.1 Å². The summed E-state index contributed by atoms with van der Waals surface area (Å²) in [6.07, 6.45) is 6.37. The molecule has 0 bridgehead atoms. The first-order valence-electron chi connectivity index (χ1n) is 5.02. The number of unbranched alkanes of at least 4 members (excludes halogenated alkanes) is 2. The molecule has 3 heteroatoms. The fourth-order valence-corrected chi connectivity index (χ4v) is 1.40. The Morgan fingerprint density at radius 1 is 1.36 bits per heavy atom. The van der Waals surface area contributed by atoms with E-state index in [1.165, 1.54) is 18.4 Å². The van der Waals surface area contributed by atoms with E-state index in [4.69, 9.17) is 10.5 Å². The predicted octanol–water partition coefficient (Wildman–Crippen LogP) is 2.02. The van der Waals surface area contributed by atoms with Crippen LogP contribution in [0.25, 0.3) is 0 Å². The number of hydrogen-bond donors (Lipinski definition) is 1. The number of nitrogens with zero attached hydrogens (tertiary/aromatic N) is 1. The van der Waals surface area contributed by atoms with E-state index < -0.39 is 0 Å². The van der Waals surface area contributed by atoms with Crippen LogP contribution in [0.15, 0.2) is 18.3 Å². The van der Waals surface area contributed by atoms with Gasteiger partial charge in [-0.1, -0.05) is 6.42 Å². The van der Waals surface area contributed by atoms with Crippen molar-refractivity contribution in [2.45, 2.75) is 25.7 Å². The minimum Gasteiger partial charge on any atom is -0.385 e. The molecular formula is C11H18N2O. The SMILES string of the molecule is COCCCCCc1ccnc(N)c1. The van der Waals surface area contributed by atoms with Gasteiger partial charge in [0, 0.05) is 19.9 Å². The summed E-state index contributed by atoms with van der Waals surface area (Å²) in [5.41, 5.74) is 6.85. The lowest BCUT2D eigenvalue weighted by atomic mass is 10.1. The van der Waals surface area contributed by atoms with Crippen LogP contribution in [-0.2, 0) is 11.2 Å². The highest BCUT2D eigenvalue weighted by molar-refractivity contribution is 5.31. The minimum atomic E-state index is 0.611. The smallest absolute Gasteiger partial charge is 0.123 e. The Labute approximate surface area is 85.3 Å². The Morgan fingerprint density at radius 2 is 2.21 bits per heavy atom. The molecular weight excluding hydrogens is 176 g/mol. The van der Waals surface area contributed by atoms with E-state index in [0.29, 0.717) is 5.82 Å². The molecule has 14 heavy (non-hydrogen) atoms. The zero-order chi connectivity index (χ0) is 10.2. The molecule has 0 atom stereocenters. The molecule has 2 N–H and O–H groups in total. The van der Waals surface area contributed by atoms with Crippen molar-refractivity contribution in [3.63, 3.8) is 0 Å². The lowest BCUT2D eigenvalue weighted by Gasteiger charge is -2.02. The molecule has 0 spiro atoms. The van der Waals surface area contributed by atoms with Gasteiger partial charge in [-0.25, -0.2) is 4.98 Å². The van der Waals surface area contributed by atoms with Crippen molar-refractivity contribution in [1.29, 1.82) is 0 Å². The second-order valence-corrected chi connectivity index (χ2v) is 3.39. The Hall–Kier alpha value is -1.09. The van der Waals surface area contributed by atoms with Crippen molar-refractivity contribution in [1.82, 2.24) is 4.98 Å². The summed E-state index contributed by atoms with van der Waals surface area (Å²) in [5.74, 6) is 0.611. The number of ether oxygens (including phenoxy) is 1. The van der Waals surface area contributed by atoms with E-state index >= 15 is 0 Å². The van der Waals surface area contributed by atoms with E-state index in [1.54, 1.807) is 13.3 Å². The highest BCUT2D eigenvalue weighted by Gasteiger charge is 1.94. The predicted molar refractivity (Wildman–Crippen MR) is 58.1 cm³/mol. The molecule has 0 saturated carbocycles. The van der Waals surface area contributed by atoms with Gasteiger partial charge in [0.1, 0.15) is 5.82 Å². The summed E-state index contributed by atoms with van der Waals surface area (Å²) >= 11 is 0. The second kappa shape index (κ2) is 6.38. The summed E-state index contributed by atoms with van der Waals surface area (Å²) in [7, 11) is 1.74. The van der Waals surface area contributed by atoms with E-state index in [1.807, 2.05) is 12.1 Å². The van der Waals surface area contributed by atoms with Gasteiger partial charge in [0.25, 0.3) is 0 Å². The molecule has 0 unspecified atom stereocenters. The maximum absolute atomic E-state index is 5.58. The van der Waals surface area contributed by atoms with Crippen LogP contribution in [0, 0.1) is 0 Å². The normalized spacial score (nSPS) is 10.4. The van der Waals surface area contributed by atoms with Gasteiger partial charge in [0.05, 0.1) is 0 Å². The molecule has 1 heterocycles. The zero-order valence-electron chi connectivity index (χ0n) is 8.70. The molecule has 0 amide bonds. The molecule has 0 aliphatic carbocycles. The average Bonchev–Trinajstić information content (AvgIpc) is 2.18. The summed E-state index contributed by atoms with van der Waals surface area (Å²) in [4.78, 5) is 3.96. The van der Waals surface area contributed by atoms with Gasteiger partial charge in [0.2, 0.25) is 0 Å². The number of hydrogen-bond acceptors (Lipinski definition) is 3. The molecule has 1 aromatic rings. The zero-order valence-corrected chi connectivity index (χ0v) is 8.70. The molecule has 0 radical (unpaired) electrons. The van der Waals surface area contributed by atoms with Crippen LogP contribution in [0.5, 0.6) is 0 Å². The van der Waals surface area contributed by atoms with Crippen LogP contribution in [-0.4, -0.2) is 18.7 Å². The van der Waals surface area contributed by atoms with Gasteiger partial charge < -0.3 is 10.5 Å². The highest BCUT2D eigenvalue weighted by Crippen LogP contribution is 2.08. The summed E-state index contributed by atoms with van der Waals surface area (Å²) in [5, 5.41) is 0. The van der Waals surface area contributed by atoms with Crippen molar-refractivity contribution >= 4 is 5.82 Å². The van der Waals surface area contributed by atoms with Crippen molar-refractivity contribution in [2.75, 3.05) is 19.5 Å². The number of nitrogen functional groups attached to an aromatic ring is 1. The van der Waals surface area contributed by atoms with Crippen molar-refractivity contribution in [2.24, 2.45) is 0 Å². The Kier molecular flexibility index (Phi) is 5.00. The van der Waals surface area contributed by atoms with Gasteiger partial charge >= 0.3 is 0 Å². The number of aryl methyl sites for hydroxylation is 1. The van der Waals surface area contributed by atoms with Crippen molar-refractivity contribution in [3.8, 4) is 0 Å². The molecule has 78 valence electrons. The maximum atomic E-state index is 5.58. The van der Waals surface area contributed by atoms with Crippen LogP contribution >= 0.6 is 0 Å². The first-order chi connectivity index (χ1) is 6.83. The van der Waals surface area contributed by atoms with Crippen LogP contribution in [0.3, 0.4) is 0 Å². The van der Waals surface area contributed by atoms with Crippen LogP contribution < -0.4 is 5.73 Å². The van der Waals surface area contributed by atoms with Gasteiger partial charge in [-0.2, -0.15) is 0 Å². The Bertz CT molecular complexity index is 263. The number of nitrogens with two attached hydrogens (primary N) is 1. The van der Waals surface area contributed by atoms with Gasteiger partial charge in [-0.05, 0) is 37.0 Å². The van der Waals surface area contributed by atoms with Crippen molar-refractivity contribution < 1.29 is 4.74 Å². The van der Waals surface area contributed by atoms with Crippen molar-refractivity contribution in [3.05, 3.63) is 23.9 Å². The van der Waals surface area contributed by atoms with E-state index in [2.05, 4.69) is 4.98 Å². The molecule has 0 aliphatic heterocycles.